The van der Waals surface area contributed by atoms with Crippen molar-refractivity contribution >= 4 is 29.5 Å². The van der Waals surface area contributed by atoms with Gasteiger partial charge in [-0.25, -0.2) is 0 Å². The monoisotopic (exact) mass is 388 g/mol. The molecule has 8 heteroatoms. The number of carbonyl (C=O) groups excluding carboxylic acids is 1. The summed E-state index contributed by atoms with van der Waals surface area (Å²) in [5.41, 5.74) is 1.07. The molecule has 0 spiro atoms. The van der Waals surface area contributed by atoms with Gasteiger partial charge in [0.05, 0.1) is 6.61 Å². The van der Waals surface area contributed by atoms with Gasteiger partial charge in [-0.05, 0) is 30.8 Å². The fourth-order valence-electron chi connectivity index (χ4n) is 2.51. The second-order valence-corrected chi connectivity index (χ2v) is 7.05. The van der Waals surface area contributed by atoms with Crippen LogP contribution in [0.4, 0.5) is 0 Å². The molecule has 0 saturated heterocycles. The summed E-state index contributed by atoms with van der Waals surface area (Å²) in [6, 6.07) is 11.9. The van der Waals surface area contributed by atoms with Crippen molar-refractivity contribution in [2.75, 3.05) is 13.2 Å². The smallest absolute Gasteiger partial charge is 0.265 e. The SMILES string of the molecule is CCOc1cc(-c2ccccc2)sc1C(=O)NCCc1n[nH]c(=S)n1C. The molecule has 0 radical (unpaired) electrons. The molecule has 26 heavy (non-hydrogen) atoms. The van der Waals surface area contributed by atoms with Gasteiger partial charge < -0.3 is 14.6 Å². The van der Waals surface area contributed by atoms with Gasteiger partial charge in [-0.3, -0.25) is 9.89 Å². The molecule has 3 aromatic rings. The van der Waals surface area contributed by atoms with Gasteiger partial charge in [-0.2, -0.15) is 5.10 Å². The first kappa shape index (κ1) is 18.3. The van der Waals surface area contributed by atoms with Crippen LogP contribution in [0.2, 0.25) is 0 Å². The molecule has 2 N–H and O–H groups in total. The van der Waals surface area contributed by atoms with Crippen LogP contribution >= 0.6 is 23.6 Å². The first-order valence-corrected chi connectivity index (χ1v) is 9.53. The van der Waals surface area contributed by atoms with E-state index < -0.39 is 0 Å². The summed E-state index contributed by atoms with van der Waals surface area (Å²) in [6.45, 7) is 2.89. The molecule has 0 fully saturated rings. The van der Waals surface area contributed by atoms with E-state index in [0.717, 1.165) is 16.3 Å². The first-order valence-electron chi connectivity index (χ1n) is 8.30. The summed E-state index contributed by atoms with van der Waals surface area (Å²) in [5, 5.41) is 9.83. The summed E-state index contributed by atoms with van der Waals surface area (Å²) in [4.78, 5) is 14.2. The minimum atomic E-state index is -0.141. The van der Waals surface area contributed by atoms with Crippen LogP contribution in [0, 0.1) is 4.77 Å². The van der Waals surface area contributed by atoms with E-state index in [9.17, 15) is 4.79 Å². The zero-order valence-electron chi connectivity index (χ0n) is 14.6. The van der Waals surface area contributed by atoms with Crippen LogP contribution in [0.1, 0.15) is 22.4 Å². The Hall–Kier alpha value is -2.45. The Labute approximate surface area is 160 Å². The summed E-state index contributed by atoms with van der Waals surface area (Å²) in [7, 11) is 1.85. The summed E-state index contributed by atoms with van der Waals surface area (Å²) >= 11 is 6.52. The molecule has 0 aliphatic carbocycles. The number of aromatic nitrogens is 3. The van der Waals surface area contributed by atoms with Gasteiger partial charge in [0.25, 0.3) is 5.91 Å². The van der Waals surface area contributed by atoms with Crippen molar-refractivity contribution in [1.29, 1.82) is 0 Å². The number of thiophene rings is 1. The van der Waals surface area contributed by atoms with E-state index in [-0.39, 0.29) is 5.91 Å². The number of rotatable bonds is 7. The van der Waals surface area contributed by atoms with Crippen molar-refractivity contribution in [3.8, 4) is 16.2 Å². The van der Waals surface area contributed by atoms with Gasteiger partial charge in [0.2, 0.25) is 0 Å². The van der Waals surface area contributed by atoms with Gasteiger partial charge in [-0.1, -0.05) is 30.3 Å². The largest absolute Gasteiger partial charge is 0.492 e. The minimum Gasteiger partial charge on any atom is -0.492 e. The maximum atomic E-state index is 12.6. The number of hydrogen-bond acceptors (Lipinski definition) is 5. The Morgan fingerprint density at radius 2 is 2.15 bits per heavy atom. The predicted octanol–water partition coefficient (Wildman–Crippen LogP) is 3.58. The highest BCUT2D eigenvalue weighted by molar-refractivity contribution is 7.71. The number of nitrogens with one attached hydrogen (secondary N) is 2. The van der Waals surface area contributed by atoms with Crippen LogP contribution in [0.15, 0.2) is 36.4 Å². The van der Waals surface area contributed by atoms with E-state index in [4.69, 9.17) is 17.0 Å². The van der Waals surface area contributed by atoms with E-state index in [1.807, 2.05) is 50.4 Å². The quantitative estimate of drug-likeness (QED) is 0.607. The van der Waals surface area contributed by atoms with Crippen molar-refractivity contribution in [3.63, 3.8) is 0 Å². The van der Waals surface area contributed by atoms with Crippen molar-refractivity contribution < 1.29 is 9.53 Å². The second kappa shape index (κ2) is 8.29. The molecule has 3 rings (SSSR count). The van der Waals surface area contributed by atoms with E-state index >= 15 is 0 Å². The van der Waals surface area contributed by atoms with Crippen LogP contribution in [-0.4, -0.2) is 33.8 Å². The van der Waals surface area contributed by atoms with Gasteiger partial charge in [0.1, 0.15) is 16.5 Å². The van der Waals surface area contributed by atoms with E-state index in [2.05, 4.69) is 15.5 Å². The summed E-state index contributed by atoms with van der Waals surface area (Å²) < 4.78 is 8.02. The molecule has 1 aromatic carbocycles. The van der Waals surface area contributed by atoms with Crippen LogP contribution in [-0.2, 0) is 13.5 Å². The van der Waals surface area contributed by atoms with Crippen LogP contribution in [0.3, 0.4) is 0 Å². The molecule has 136 valence electrons. The lowest BCUT2D eigenvalue weighted by atomic mass is 10.2. The van der Waals surface area contributed by atoms with Crippen molar-refractivity contribution in [2.24, 2.45) is 7.05 Å². The van der Waals surface area contributed by atoms with E-state index in [1.165, 1.54) is 11.3 Å². The lowest BCUT2D eigenvalue weighted by Gasteiger charge is -2.06. The van der Waals surface area contributed by atoms with Gasteiger partial charge in [0.15, 0.2) is 4.77 Å². The zero-order valence-corrected chi connectivity index (χ0v) is 16.2. The highest BCUT2D eigenvalue weighted by atomic mass is 32.1. The minimum absolute atomic E-state index is 0.141. The number of benzene rings is 1. The molecule has 2 heterocycles. The van der Waals surface area contributed by atoms with E-state index in [1.54, 1.807) is 4.57 Å². The maximum Gasteiger partial charge on any atom is 0.265 e. The average Bonchev–Trinajstić information content (AvgIpc) is 3.21. The number of H-pyrrole nitrogens is 1. The van der Waals surface area contributed by atoms with Crippen molar-refractivity contribution in [2.45, 2.75) is 13.3 Å². The zero-order chi connectivity index (χ0) is 18.5. The summed E-state index contributed by atoms with van der Waals surface area (Å²) in [5.74, 6) is 1.28. The molecule has 0 saturated carbocycles. The third-order valence-corrected chi connectivity index (χ3v) is 5.40. The van der Waals surface area contributed by atoms with Gasteiger partial charge in [-0.15, -0.1) is 11.3 Å². The fourth-order valence-corrected chi connectivity index (χ4v) is 3.69. The molecule has 0 unspecified atom stereocenters. The number of aromatic amines is 1. The molecule has 0 atom stereocenters. The van der Waals surface area contributed by atoms with E-state index in [0.29, 0.717) is 35.0 Å². The van der Waals surface area contributed by atoms with Crippen molar-refractivity contribution in [1.82, 2.24) is 20.1 Å². The molecule has 2 aromatic heterocycles. The molecule has 0 bridgehead atoms. The number of hydrogen-bond donors (Lipinski definition) is 2. The molecule has 0 aliphatic rings. The third-order valence-electron chi connectivity index (χ3n) is 3.87. The van der Waals surface area contributed by atoms with Crippen molar-refractivity contribution in [3.05, 3.63) is 51.9 Å². The first-order chi connectivity index (χ1) is 12.6. The Bertz CT molecular complexity index is 944. The molecule has 6 nitrogen and oxygen atoms in total. The van der Waals surface area contributed by atoms with Crippen LogP contribution < -0.4 is 10.1 Å². The average molecular weight is 389 g/mol. The lowest BCUT2D eigenvalue weighted by molar-refractivity contribution is 0.0954. The number of amides is 1. The van der Waals surface area contributed by atoms with Gasteiger partial charge >= 0.3 is 0 Å². The Morgan fingerprint density at radius 1 is 1.38 bits per heavy atom. The normalized spacial score (nSPS) is 10.7. The number of ether oxygens (including phenoxy) is 1. The van der Waals surface area contributed by atoms with Crippen LogP contribution in [0.5, 0.6) is 5.75 Å². The Morgan fingerprint density at radius 3 is 2.81 bits per heavy atom. The molecule has 1 amide bonds. The maximum absolute atomic E-state index is 12.6. The third kappa shape index (κ3) is 4.03. The second-order valence-electron chi connectivity index (χ2n) is 5.61. The molecular weight excluding hydrogens is 368 g/mol. The lowest BCUT2D eigenvalue weighted by Crippen LogP contribution is -2.26. The number of carbonyl (C=O) groups is 1. The number of nitrogens with zero attached hydrogens (tertiary/aromatic N) is 2. The summed E-state index contributed by atoms with van der Waals surface area (Å²) in [6.07, 6.45) is 0.594. The van der Waals surface area contributed by atoms with Gasteiger partial charge in [0, 0.05) is 24.9 Å². The molecule has 0 aliphatic heterocycles. The Kier molecular flexibility index (Phi) is 5.85. The standard InChI is InChI=1S/C18H20N4O2S2/c1-3-24-13-11-14(12-7-5-4-6-8-12)26-16(13)17(23)19-10-9-15-20-21-18(25)22(15)2/h4-8,11H,3,9-10H2,1-2H3,(H,19,23)(H,21,25). The fraction of sp³-hybridized carbons (Fsp3) is 0.278. The van der Waals surface area contributed by atoms with Crippen LogP contribution in [0.25, 0.3) is 10.4 Å². The highest BCUT2D eigenvalue weighted by Gasteiger charge is 2.18. The Balaban J connectivity index is 1.72. The highest BCUT2D eigenvalue weighted by Crippen LogP contribution is 2.36. The topological polar surface area (TPSA) is 71.9 Å². The molecular formula is C18H20N4O2S2. The predicted molar refractivity (Wildman–Crippen MR) is 105 cm³/mol.